The van der Waals surface area contributed by atoms with Gasteiger partial charge in [0.25, 0.3) is 5.69 Å². The monoisotopic (exact) mass is 247 g/mol. The smallest absolute Gasteiger partial charge is 0.356 e. The van der Waals surface area contributed by atoms with Gasteiger partial charge in [0.05, 0.1) is 16.2 Å². The van der Waals surface area contributed by atoms with Crippen molar-refractivity contribution in [3.05, 3.63) is 51.8 Å². The Kier molecular flexibility index (Phi) is 2.80. The fourth-order valence-corrected chi connectivity index (χ4v) is 1.63. The maximum atomic E-state index is 10.8. The summed E-state index contributed by atoms with van der Waals surface area (Å²) >= 11 is 0. The zero-order valence-corrected chi connectivity index (χ0v) is 9.40. The van der Waals surface area contributed by atoms with E-state index in [4.69, 9.17) is 5.11 Å². The van der Waals surface area contributed by atoms with Crippen LogP contribution in [-0.2, 0) is 0 Å². The summed E-state index contributed by atoms with van der Waals surface area (Å²) in [5.74, 6) is -1.14. The molecule has 1 N–H and O–H groups in total. The molecule has 18 heavy (non-hydrogen) atoms. The Bertz CT molecular complexity index is 633. The van der Waals surface area contributed by atoms with Gasteiger partial charge in [0.15, 0.2) is 5.69 Å². The van der Waals surface area contributed by atoms with Crippen molar-refractivity contribution in [3.8, 4) is 5.69 Å². The molecule has 0 radical (unpaired) electrons. The van der Waals surface area contributed by atoms with Crippen molar-refractivity contribution in [2.45, 2.75) is 6.92 Å². The lowest BCUT2D eigenvalue weighted by Gasteiger charge is -2.05. The van der Waals surface area contributed by atoms with Gasteiger partial charge in [-0.3, -0.25) is 10.1 Å². The standard InChI is InChI=1S/C11H9N3O4/c1-7-9(3-2-4-10(7)14(17)18)13-6-5-8(12-13)11(15)16/h2-6H,1H3,(H,15,16). The van der Waals surface area contributed by atoms with Crippen LogP contribution in [0.5, 0.6) is 0 Å². The predicted octanol–water partition coefficient (Wildman–Crippen LogP) is 1.79. The summed E-state index contributed by atoms with van der Waals surface area (Å²) in [6.07, 6.45) is 1.45. The van der Waals surface area contributed by atoms with E-state index in [0.29, 0.717) is 11.3 Å². The van der Waals surface area contributed by atoms with Gasteiger partial charge in [0, 0.05) is 12.3 Å². The van der Waals surface area contributed by atoms with Gasteiger partial charge >= 0.3 is 5.97 Å². The number of carboxylic acids is 1. The van der Waals surface area contributed by atoms with Crippen molar-refractivity contribution >= 4 is 11.7 Å². The maximum absolute atomic E-state index is 10.8. The Morgan fingerprint density at radius 1 is 1.44 bits per heavy atom. The highest BCUT2D eigenvalue weighted by atomic mass is 16.6. The second-order valence-electron chi connectivity index (χ2n) is 3.63. The first-order valence-electron chi connectivity index (χ1n) is 5.04. The molecule has 0 unspecified atom stereocenters. The van der Waals surface area contributed by atoms with Crippen molar-refractivity contribution in [1.29, 1.82) is 0 Å². The molecule has 0 spiro atoms. The van der Waals surface area contributed by atoms with E-state index in [1.54, 1.807) is 13.0 Å². The first-order valence-corrected chi connectivity index (χ1v) is 5.04. The molecule has 0 atom stereocenters. The molecule has 0 saturated carbocycles. The average molecular weight is 247 g/mol. The molecular formula is C11H9N3O4. The molecule has 7 nitrogen and oxygen atoms in total. The van der Waals surface area contributed by atoms with Gasteiger partial charge in [-0.1, -0.05) is 6.07 Å². The first-order chi connectivity index (χ1) is 8.50. The van der Waals surface area contributed by atoms with Crippen molar-refractivity contribution in [1.82, 2.24) is 9.78 Å². The number of nitrogens with zero attached hydrogens (tertiary/aromatic N) is 3. The molecule has 0 fully saturated rings. The molecule has 92 valence electrons. The highest BCUT2D eigenvalue weighted by molar-refractivity contribution is 5.85. The number of hydrogen-bond donors (Lipinski definition) is 1. The largest absolute Gasteiger partial charge is 0.476 e. The summed E-state index contributed by atoms with van der Waals surface area (Å²) in [5.41, 5.74) is 0.778. The van der Waals surface area contributed by atoms with Crippen LogP contribution in [0.3, 0.4) is 0 Å². The summed E-state index contributed by atoms with van der Waals surface area (Å²) in [4.78, 5) is 21.0. The fourth-order valence-electron chi connectivity index (χ4n) is 1.63. The van der Waals surface area contributed by atoms with E-state index >= 15 is 0 Å². The van der Waals surface area contributed by atoms with Gasteiger partial charge in [0.1, 0.15) is 0 Å². The van der Waals surface area contributed by atoms with Crippen molar-refractivity contribution in [3.63, 3.8) is 0 Å². The Hall–Kier alpha value is -2.70. The molecule has 1 aromatic carbocycles. The van der Waals surface area contributed by atoms with Gasteiger partial charge in [0.2, 0.25) is 0 Å². The van der Waals surface area contributed by atoms with Crippen LogP contribution in [-0.4, -0.2) is 25.8 Å². The number of carbonyl (C=O) groups is 1. The van der Waals surface area contributed by atoms with Crippen LogP contribution in [0, 0.1) is 17.0 Å². The van der Waals surface area contributed by atoms with Crippen molar-refractivity contribution in [2.75, 3.05) is 0 Å². The molecular weight excluding hydrogens is 238 g/mol. The van der Waals surface area contributed by atoms with E-state index in [1.165, 1.54) is 29.1 Å². The van der Waals surface area contributed by atoms with E-state index in [0.717, 1.165) is 0 Å². The lowest BCUT2D eigenvalue weighted by Crippen LogP contribution is -2.03. The van der Waals surface area contributed by atoms with Crippen LogP contribution in [0.15, 0.2) is 30.5 Å². The SMILES string of the molecule is Cc1c(-n2ccc(C(=O)O)n2)cccc1[N+](=O)[O-]. The summed E-state index contributed by atoms with van der Waals surface area (Å²) in [6, 6.07) is 5.89. The number of hydrogen-bond acceptors (Lipinski definition) is 4. The maximum Gasteiger partial charge on any atom is 0.356 e. The van der Waals surface area contributed by atoms with Crippen LogP contribution in [0.1, 0.15) is 16.1 Å². The summed E-state index contributed by atoms with van der Waals surface area (Å²) in [7, 11) is 0. The minimum Gasteiger partial charge on any atom is -0.476 e. The van der Waals surface area contributed by atoms with Crippen molar-refractivity contribution in [2.24, 2.45) is 0 Å². The summed E-state index contributed by atoms with van der Waals surface area (Å²) in [5, 5.41) is 23.4. The van der Waals surface area contributed by atoms with Crippen LogP contribution < -0.4 is 0 Å². The Morgan fingerprint density at radius 3 is 2.72 bits per heavy atom. The second-order valence-corrected chi connectivity index (χ2v) is 3.63. The fraction of sp³-hybridized carbons (Fsp3) is 0.0909. The molecule has 1 heterocycles. The molecule has 0 bridgehead atoms. The Morgan fingerprint density at radius 2 is 2.17 bits per heavy atom. The molecule has 0 aliphatic heterocycles. The van der Waals surface area contributed by atoms with Gasteiger partial charge in [-0.25, -0.2) is 9.48 Å². The Labute approximate surface area is 101 Å². The third-order valence-electron chi connectivity index (χ3n) is 2.53. The number of aromatic nitrogens is 2. The highest BCUT2D eigenvalue weighted by Gasteiger charge is 2.16. The van der Waals surface area contributed by atoms with Crippen LogP contribution in [0.25, 0.3) is 5.69 Å². The molecule has 0 aliphatic rings. The number of carboxylic acid groups (broad SMARTS) is 1. The van der Waals surface area contributed by atoms with E-state index in [-0.39, 0.29) is 11.4 Å². The molecule has 2 rings (SSSR count). The van der Waals surface area contributed by atoms with Crippen molar-refractivity contribution < 1.29 is 14.8 Å². The van der Waals surface area contributed by atoms with Gasteiger partial charge < -0.3 is 5.11 Å². The number of rotatable bonds is 3. The summed E-state index contributed by atoms with van der Waals surface area (Å²) < 4.78 is 1.31. The molecule has 0 amide bonds. The first kappa shape index (κ1) is 11.8. The van der Waals surface area contributed by atoms with Crippen LogP contribution in [0.4, 0.5) is 5.69 Å². The van der Waals surface area contributed by atoms with E-state index in [9.17, 15) is 14.9 Å². The third kappa shape index (κ3) is 1.93. The van der Waals surface area contributed by atoms with Crippen LogP contribution >= 0.6 is 0 Å². The van der Waals surface area contributed by atoms with E-state index < -0.39 is 10.9 Å². The number of nitro benzene ring substituents is 1. The van der Waals surface area contributed by atoms with Crippen LogP contribution in [0.2, 0.25) is 0 Å². The molecule has 0 aliphatic carbocycles. The lowest BCUT2D eigenvalue weighted by atomic mass is 10.1. The molecule has 0 saturated heterocycles. The zero-order chi connectivity index (χ0) is 13.3. The van der Waals surface area contributed by atoms with Gasteiger partial charge in [-0.15, -0.1) is 0 Å². The predicted molar refractivity (Wildman–Crippen MR) is 61.9 cm³/mol. The zero-order valence-electron chi connectivity index (χ0n) is 9.40. The van der Waals surface area contributed by atoms with E-state index in [1.807, 2.05) is 0 Å². The minimum atomic E-state index is -1.14. The van der Waals surface area contributed by atoms with E-state index in [2.05, 4.69) is 5.10 Å². The number of aromatic carboxylic acids is 1. The van der Waals surface area contributed by atoms with Gasteiger partial charge in [-0.05, 0) is 19.1 Å². The lowest BCUT2D eigenvalue weighted by molar-refractivity contribution is -0.385. The number of nitro groups is 1. The minimum absolute atomic E-state index is 0.0279. The third-order valence-corrected chi connectivity index (χ3v) is 2.53. The number of benzene rings is 1. The molecule has 2 aromatic rings. The Balaban J connectivity index is 2.53. The molecule has 7 heteroatoms. The topological polar surface area (TPSA) is 98.3 Å². The average Bonchev–Trinajstić information content (AvgIpc) is 2.78. The quantitative estimate of drug-likeness (QED) is 0.658. The second kappa shape index (κ2) is 4.28. The van der Waals surface area contributed by atoms with Gasteiger partial charge in [-0.2, -0.15) is 5.10 Å². The molecule has 1 aromatic heterocycles. The normalized spacial score (nSPS) is 10.3. The highest BCUT2D eigenvalue weighted by Crippen LogP contribution is 2.23. The summed E-state index contributed by atoms with van der Waals surface area (Å²) in [6.45, 7) is 1.59.